The van der Waals surface area contributed by atoms with Crippen molar-refractivity contribution in [3.63, 3.8) is 0 Å². The van der Waals surface area contributed by atoms with Crippen molar-refractivity contribution in [1.82, 2.24) is 4.90 Å². The van der Waals surface area contributed by atoms with E-state index in [-0.39, 0.29) is 27.9 Å². The Bertz CT molecular complexity index is 210. The zero-order chi connectivity index (χ0) is 20.6. The van der Waals surface area contributed by atoms with Gasteiger partial charge in [-0.1, -0.05) is 27.7 Å². The van der Waals surface area contributed by atoms with Crippen LogP contribution in [0.15, 0.2) is 4.99 Å². The Labute approximate surface area is 175 Å². The fourth-order valence-corrected chi connectivity index (χ4v) is 0.718. The minimum atomic E-state index is -0.0434. The van der Waals surface area contributed by atoms with E-state index in [0.717, 1.165) is 12.5 Å². The number of nitrogens with zero attached hydrogens (tertiary/aromatic N) is 7. The number of hydrogen-bond acceptors (Lipinski definition) is 1. The van der Waals surface area contributed by atoms with Crippen molar-refractivity contribution in [2.75, 3.05) is 77.0 Å². The molecule has 0 saturated carbocycles. The van der Waals surface area contributed by atoms with Gasteiger partial charge in [0.05, 0.1) is 0 Å². The van der Waals surface area contributed by atoms with Gasteiger partial charge in [0, 0.05) is 5.96 Å². The molecule has 0 fully saturated rings. The average molecular weight is 528 g/mol. The first-order valence-corrected chi connectivity index (χ1v) is 7.89. The predicted octanol–water partition coefficient (Wildman–Crippen LogP) is 4.57. The van der Waals surface area contributed by atoms with Crippen LogP contribution in [0, 0.1) is 0 Å². The molecule has 0 radical (unpaired) electrons. The zero-order valence-corrected chi connectivity index (χ0v) is 22.5. The van der Waals surface area contributed by atoms with E-state index in [0.29, 0.717) is 0 Å². The normalized spacial score (nSPS) is 9.12. The summed E-state index contributed by atoms with van der Waals surface area (Å²) in [7, 11) is 17.9. The quantitative estimate of drug-likeness (QED) is 0.363. The predicted molar refractivity (Wildman–Crippen MR) is 116 cm³/mol. The Morgan fingerprint density at radius 1 is 0.760 bits per heavy atom. The molecule has 0 atom stereocenters. The van der Waals surface area contributed by atoms with Gasteiger partial charge in [0.2, 0.25) is 0 Å². The second-order valence-corrected chi connectivity index (χ2v) is 5.74. The van der Waals surface area contributed by atoms with Crippen LogP contribution in [-0.2, 0) is 22.4 Å². The number of aliphatic imine (C=N–C) groups is 1. The van der Waals surface area contributed by atoms with Crippen molar-refractivity contribution in [3.05, 3.63) is 26.6 Å². The van der Waals surface area contributed by atoms with Gasteiger partial charge in [-0.3, -0.25) is 0 Å². The third kappa shape index (κ3) is 81.1. The summed E-state index contributed by atoms with van der Waals surface area (Å²) >= 11 is 0. The molecule has 25 heavy (non-hydrogen) atoms. The van der Waals surface area contributed by atoms with Crippen LogP contribution in [0.3, 0.4) is 0 Å². The van der Waals surface area contributed by atoms with Crippen molar-refractivity contribution in [2.45, 2.75) is 33.2 Å². The molecule has 0 aromatic heterocycles. The number of rotatable bonds is 1. The average Bonchev–Trinajstić information content (AvgIpc) is 2.40. The molecule has 0 rings (SSSR count). The molecule has 0 bridgehead atoms. The topological polar surface area (TPSA) is 86.1 Å². The first-order chi connectivity index (χ1) is 11.0. The van der Waals surface area contributed by atoms with Gasteiger partial charge in [0.25, 0.3) is 0 Å². The zero-order valence-electron chi connectivity index (χ0n) is 19.3. The molecule has 0 N–H and O–H groups in total. The fourth-order valence-electron chi connectivity index (χ4n) is 0.718. The van der Waals surface area contributed by atoms with Gasteiger partial charge in [-0.15, -0.1) is 0 Å². The van der Waals surface area contributed by atoms with Gasteiger partial charge in [-0.2, -0.15) is 56.4 Å². The molecule has 0 aromatic rings. The van der Waals surface area contributed by atoms with Crippen molar-refractivity contribution < 1.29 is 22.4 Å². The summed E-state index contributed by atoms with van der Waals surface area (Å²) in [5, 5.41) is 18.5. The summed E-state index contributed by atoms with van der Waals surface area (Å²) in [6.07, 6.45) is 0. The van der Waals surface area contributed by atoms with E-state index >= 15 is 0 Å². The minimum absolute atomic E-state index is 0. The molecule has 152 valence electrons. The molecular formula is C17H44N7Ta. The summed E-state index contributed by atoms with van der Waals surface area (Å²) < 4.78 is 0. The van der Waals surface area contributed by atoms with E-state index in [4.69, 9.17) is 0 Å². The maximum absolute atomic E-state index is 4.47. The number of guanidine groups is 1. The van der Waals surface area contributed by atoms with E-state index in [1.807, 2.05) is 25.9 Å². The maximum Gasteiger partial charge on any atom is 5.00 e. The molecule has 0 heterocycles. The van der Waals surface area contributed by atoms with E-state index in [9.17, 15) is 0 Å². The Balaban J connectivity index is -0.0000000575. The first kappa shape index (κ1) is 39.8. The van der Waals surface area contributed by atoms with Crippen molar-refractivity contribution in [3.8, 4) is 0 Å². The Hall–Kier alpha value is -0.150. The van der Waals surface area contributed by atoms with Gasteiger partial charge in [-0.05, 0) is 26.2 Å². The van der Waals surface area contributed by atoms with E-state index < -0.39 is 0 Å². The molecular weight excluding hydrogens is 483 g/mol. The molecule has 0 spiro atoms. The Morgan fingerprint density at radius 2 is 1.00 bits per heavy atom. The van der Waals surface area contributed by atoms with Crippen molar-refractivity contribution in [1.29, 1.82) is 0 Å². The maximum atomic E-state index is 4.47. The van der Waals surface area contributed by atoms with Crippen LogP contribution in [0.1, 0.15) is 27.7 Å². The summed E-state index contributed by atoms with van der Waals surface area (Å²) in [4.78, 5) is 6.22. The summed E-state index contributed by atoms with van der Waals surface area (Å²) in [6, 6.07) is 0. The molecule has 0 unspecified atom stereocenters. The fraction of sp³-hybridized carbons (Fsp3) is 0.941. The molecule has 0 saturated heterocycles. The van der Waals surface area contributed by atoms with E-state index in [2.05, 4.69) is 52.3 Å². The summed E-state index contributed by atoms with van der Waals surface area (Å²) in [5.41, 5.74) is -0.0434. The smallest absolute Gasteiger partial charge is 0.668 e. The van der Waals surface area contributed by atoms with Crippen LogP contribution in [0.25, 0.3) is 26.6 Å². The van der Waals surface area contributed by atoms with Crippen LogP contribution < -0.4 is 0 Å². The van der Waals surface area contributed by atoms with Crippen LogP contribution in [0.5, 0.6) is 0 Å². The van der Waals surface area contributed by atoms with Gasteiger partial charge < -0.3 is 36.5 Å². The molecule has 7 nitrogen and oxygen atoms in total. The molecule has 0 aliphatic rings. The minimum Gasteiger partial charge on any atom is -0.668 e. The van der Waals surface area contributed by atoms with E-state index in [1.54, 1.807) is 56.4 Å². The monoisotopic (exact) mass is 527 g/mol. The van der Waals surface area contributed by atoms with Gasteiger partial charge in [-0.25, -0.2) is 0 Å². The number of hydrogen-bond donors (Lipinski definition) is 0. The second-order valence-electron chi connectivity index (χ2n) is 5.74. The van der Waals surface area contributed by atoms with Crippen LogP contribution in [0.4, 0.5) is 0 Å². The van der Waals surface area contributed by atoms with Crippen LogP contribution in [-0.4, -0.2) is 93.4 Å². The molecule has 0 aromatic carbocycles. The molecule has 8 heteroatoms. The third-order valence-electron chi connectivity index (χ3n) is 1.13. The van der Waals surface area contributed by atoms with Gasteiger partial charge in [0.15, 0.2) is 0 Å². The summed E-state index contributed by atoms with van der Waals surface area (Å²) in [5.74, 6) is 0.824. The SMILES string of the molecule is CCN=C([N-]C(C)(C)C)N(C)C.C[N-]C.C[N-]C.C[N-]C.C[N-]C.[Ta+5]. The Kier molecular flexibility index (Phi) is 55.8. The largest absolute Gasteiger partial charge is 5.00 e. The third-order valence-corrected chi connectivity index (χ3v) is 1.13. The second kappa shape index (κ2) is 35.0. The molecule has 0 amide bonds. The molecule has 0 aliphatic heterocycles. The summed E-state index contributed by atoms with van der Waals surface area (Å²) in [6.45, 7) is 9.01. The Morgan fingerprint density at radius 3 is 1.12 bits per heavy atom. The van der Waals surface area contributed by atoms with Crippen molar-refractivity contribution in [2.24, 2.45) is 4.99 Å². The first-order valence-electron chi connectivity index (χ1n) is 7.89. The van der Waals surface area contributed by atoms with Gasteiger partial charge in [0.1, 0.15) is 0 Å². The van der Waals surface area contributed by atoms with Crippen LogP contribution in [0.2, 0.25) is 0 Å². The van der Waals surface area contributed by atoms with Crippen molar-refractivity contribution >= 4 is 5.96 Å². The standard InChI is InChI=1S/C9H20N3.4C2H6N.Ta/c1-7-10-8(12(5)6)11-9(2,3)4;4*1-3-2;/h7H2,1-6H3;4*1-2H3;/q5*-1;+5. The van der Waals surface area contributed by atoms with Crippen LogP contribution >= 0.6 is 0 Å². The molecule has 0 aliphatic carbocycles. The van der Waals surface area contributed by atoms with E-state index in [1.165, 1.54) is 0 Å². The van der Waals surface area contributed by atoms with Gasteiger partial charge >= 0.3 is 22.4 Å².